The third-order valence-electron chi connectivity index (χ3n) is 4.86. The SMILES string of the molecule is CCOc1ccc(-n2ccn3c(SCC(=O)Nc4ccc(OC)c(OC)c4)nnc3c2=O)cc1. The van der Waals surface area contributed by atoms with Crippen molar-refractivity contribution < 1.29 is 19.0 Å². The van der Waals surface area contributed by atoms with Crippen LogP contribution in [-0.2, 0) is 4.79 Å². The van der Waals surface area contributed by atoms with Gasteiger partial charge in [0.1, 0.15) is 5.75 Å². The first-order chi connectivity index (χ1) is 16.5. The van der Waals surface area contributed by atoms with E-state index in [9.17, 15) is 9.59 Å². The van der Waals surface area contributed by atoms with Crippen molar-refractivity contribution in [2.75, 3.05) is 31.9 Å². The van der Waals surface area contributed by atoms with Gasteiger partial charge in [-0.25, -0.2) is 0 Å². The van der Waals surface area contributed by atoms with Gasteiger partial charge < -0.3 is 19.5 Å². The van der Waals surface area contributed by atoms with E-state index in [0.29, 0.717) is 34.6 Å². The summed E-state index contributed by atoms with van der Waals surface area (Å²) in [5.41, 5.74) is 1.11. The molecule has 1 N–H and O–H groups in total. The maximum Gasteiger partial charge on any atom is 0.300 e. The maximum atomic E-state index is 12.9. The Hall–Kier alpha value is -3.99. The molecule has 0 bridgehead atoms. The zero-order chi connectivity index (χ0) is 24.1. The Kier molecular flexibility index (Phi) is 7.02. The number of carbonyl (C=O) groups is 1. The third-order valence-corrected chi connectivity index (χ3v) is 5.81. The molecule has 0 fully saturated rings. The molecule has 0 aliphatic heterocycles. The molecular formula is C23H23N5O5S. The zero-order valence-electron chi connectivity index (χ0n) is 18.8. The van der Waals surface area contributed by atoms with Gasteiger partial charge in [0.25, 0.3) is 0 Å². The summed E-state index contributed by atoms with van der Waals surface area (Å²) in [6.07, 6.45) is 3.34. The Balaban J connectivity index is 1.46. The van der Waals surface area contributed by atoms with E-state index in [-0.39, 0.29) is 22.9 Å². The lowest BCUT2D eigenvalue weighted by Gasteiger charge is -2.10. The van der Waals surface area contributed by atoms with Crippen LogP contribution < -0.4 is 25.1 Å². The van der Waals surface area contributed by atoms with Crippen molar-refractivity contribution in [1.29, 1.82) is 0 Å². The number of aromatic nitrogens is 4. The number of fused-ring (bicyclic) bond motifs is 1. The van der Waals surface area contributed by atoms with Crippen molar-refractivity contribution in [1.82, 2.24) is 19.2 Å². The van der Waals surface area contributed by atoms with Crippen LogP contribution in [0.1, 0.15) is 6.92 Å². The molecule has 10 nitrogen and oxygen atoms in total. The van der Waals surface area contributed by atoms with Crippen LogP contribution in [0.25, 0.3) is 11.3 Å². The highest BCUT2D eigenvalue weighted by molar-refractivity contribution is 7.99. The normalized spacial score (nSPS) is 10.8. The smallest absolute Gasteiger partial charge is 0.300 e. The highest BCUT2D eigenvalue weighted by Crippen LogP contribution is 2.30. The lowest BCUT2D eigenvalue weighted by atomic mass is 10.2. The number of hydrogen-bond donors (Lipinski definition) is 1. The van der Waals surface area contributed by atoms with Crippen LogP contribution in [0.4, 0.5) is 5.69 Å². The number of anilines is 1. The number of hydrogen-bond acceptors (Lipinski definition) is 8. The molecule has 0 atom stereocenters. The molecule has 0 aliphatic rings. The van der Waals surface area contributed by atoms with Crippen molar-refractivity contribution in [3.05, 3.63) is 65.2 Å². The fourth-order valence-electron chi connectivity index (χ4n) is 3.28. The number of carbonyl (C=O) groups excluding carboxylic acids is 1. The minimum absolute atomic E-state index is 0.0805. The van der Waals surface area contributed by atoms with E-state index in [1.807, 2.05) is 6.92 Å². The fourth-order valence-corrected chi connectivity index (χ4v) is 4.00. The summed E-state index contributed by atoms with van der Waals surface area (Å²) in [6, 6.07) is 12.3. The maximum absolute atomic E-state index is 12.9. The lowest BCUT2D eigenvalue weighted by Crippen LogP contribution is -2.20. The first kappa shape index (κ1) is 23.2. The van der Waals surface area contributed by atoms with Gasteiger partial charge in [0, 0.05) is 29.8 Å². The topological polar surface area (TPSA) is 109 Å². The molecule has 34 heavy (non-hydrogen) atoms. The van der Waals surface area contributed by atoms with E-state index >= 15 is 0 Å². The van der Waals surface area contributed by atoms with E-state index in [0.717, 1.165) is 5.75 Å². The summed E-state index contributed by atoms with van der Waals surface area (Å²) in [5, 5.41) is 11.4. The largest absolute Gasteiger partial charge is 0.494 e. The van der Waals surface area contributed by atoms with Crippen LogP contribution in [-0.4, -0.2) is 51.7 Å². The Morgan fingerprint density at radius 1 is 1.03 bits per heavy atom. The Morgan fingerprint density at radius 2 is 1.79 bits per heavy atom. The predicted octanol–water partition coefficient (Wildman–Crippen LogP) is 3.03. The van der Waals surface area contributed by atoms with Gasteiger partial charge in [-0.05, 0) is 43.3 Å². The number of methoxy groups -OCH3 is 2. The van der Waals surface area contributed by atoms with Crippen LogP contribution in [0, 0.1) is 0 Å². The van der Waals surface area contributed by atoms with Crippen molar-refractivity contribution in [2.45, 2.75) is 12.1 Å². The average molecular weight is 482 g/mol. The molecule has 1 amide bonds. The Morgan fingerprint density at radius 3 is 2.50 bits per heavy atom. The van der Waals surface area contributed by atoms with E-state index < -0.39 is 0 Å². The van der Waals surface area contributed by atoms with Crippen LogP contribution in [0.15, 0.2) is 64.8 Å². The van der Waals surface area contributed by atoms with Crippen LogP contribution >= 0.6 is 11.8 Å². The monoisotopic (exact) mass is 481 g/mol. The van der Waals surface area contributed by atoms with Gasteiger partial charge in [0.05, 0.1) is 26.6 Å². The molecule has 0 spiro atoms. The van der Waals surface area contributed by atoms with E-state index in [1.165, 1.54) is 23.4 Å². The first-order valence-electron chi connectivity index (χ1n) is 10.4. The molecule has 0 saturated carbocycles. The van der Waals surface area contributed by atoms with Crippen molar-refractivity contribution in [3.63, 3.8) is 0 Å². The van der Waals surface area contributed by atoms with Crippen LogP contribution in [0.3, 0.4) is 0 Å². The number of nitrogens with one attached hydrogen (secondary N) is 1. The number of amides is 1. The molecule has 2 aromatic heterocycles. The molecule has 0 aliphatic carbocycles. The molecule has 4 aromatic rings. The molecule has 2 aromatic carbocycles. The molecular weight excluding hydrogens is 458 g/mol. The van der Waals surface area contributed by atoms with Crippen molar-refractivity contribution in [3.8, 4) is 22.9 Å². The molecule has 4 rings (SSSR count). The minimum atomic E-state index is -0.319. The summed E-state index contributed by atoms with van der Waals surface area (Å²) in [7, 11) is 3.07. The van der Waals surface area contributed by atoms with Gasteiger partial charge in [-0.1, -0.05) is 11.8 Å². The number of benzene rings is 2. The molecule has 0 unspecified atom stereocenters. The van der Waals surface area contributed by atoms with Crippen molar-refractivity contribution in [2.24, 2.45) is 0 Å². The molecule has 11 heteroatoms. The Labute approximate surface area is 199 Å². The number of ether oxygens (including phenoxy) is 3. The summed E-state index contributed by atoms with van der Waals surface area (Å²) in [5.74, 6) is 1.66. The van der Waals surface area contributed by atoms with E-state index in [2.05, 4.69) is 15.5 Å². The standard InChI is InChI=1S/C23H23N5O5S/c1-4-33-17-8-6-16(7-9-17)27-11-12-28-21(22(27)30)25-26-23(28)34-14-20(29)24-15-5-10-18(31-2)19(13-15)32-3/h5-13H,4,14H2,1-3H3,(H,24,29). The highest BCUT2D eigenvalue weighted by Gasteiger charge is 2.14. The van der Waals surface area contributed by atoms with Gasteiger partial charge >= 0.3 is 5.56 Å². The summed E-state index contributed by atoms with van der Waals surface area (Å²) < 4.78 is 19.0. The highest BCUT2D eigenvalue weighted by atomic mass is 32.2. The lowest BCUT2D eigenvalue weighted by molar-refractivity contribution is -0.113. The van der Waals surface area contributed by atoms with Crippen molar-refractivity contribution >= 4 is 29.0 Å². The zero-order valence-corrected chi connectivity index (χ0v) is 19.7. The second-order valence-corrected chi connectivity index (χ2v) is 7.93. The number of rotatable bonds is 9. The molecule has 176 valence electrons. The van der Waals surface area contributed by atoms with Gasteiger partial charge in [-0.15, -0.1) is 10.2 Å². The molecule has 0 saturated heterocycles. The molecule has 2 heterocycles. The average Bonchev–Trinajstić information content (AvgIpc) is 3.27. The predicted molar refractivity (Wildman–Crippen MR) is 129 cm³/mol. The molecule has 0 radical (unpaired) electrons. The fraction of sp³-hybridized carbons (Fsp3) is 0.217. The second-order valence-electron chi connectivity index (χ2n) is 6.98. The number of thioether (sulfide) groups is 1. The second kappa shape index (κ2) is 10.3. The third kappa shape index (κ3) is 4.84. The van der Waals surface area contributed by atoms with Gasteiger partial charge in [0.2, 0.25) is 11.6 Å². The number of nitrogens with zero attached hydrogens (tertiary/aromatic N) is 4. The summed E-state index contributed by atoms with van der Waals surface area (Å²) >= 11 is 1.18. The quantitative estimate of drug-likeness (QED) is 0.364. The van der Waals surface area contributed by atoms with Gasteiger partial charge in [-0.3, -0.25) is 18.6 Å². The summed E-state index contributed by atoms with van der Waals surface area (Å²) in [6.45, 7) is 2.48. The van der Waals surface area contributed by atoms with Crippen LogP contribution in [0.2, 0.25) is 0 Å². The van der Waals surface area contributed by atoms with Gasteiger partial charge in [-0.2, -0.15) is 0 Å². The minimum Gasteiger partial charge on any atom is -0.494 e. The van der Waals surface area contributed by atoms with E-state index in [4.69, 9.17) is 14.2 Å². The Bertz CT molecular complexity index is 1370. The van der Waals surface area contributed by atoms with Gasteiger partial charge in [0.15, 0.2) is 16.7 Å². The summed E-state index contributed by atoms with van der Waals surface area (Å²) in [4.78, 5) is 25.4. The first-order valence-corrected chi connectivity index (χ1v) is 11.4. The van der Waals surface area contributed by atoms with Crippen LogP contribution in [0.5, 0.6) is 17.2 Å². The van der Waals surface area contributed by atoms with E-state index in [1.54, 1.807) is 66.4 Å².